The second kappa shape index (κ2) is 3.20. The monoisotopic (exact) mass is 220 g/mol. The van der Waals surface area contributed by atoms with Crippen molar-refractivity contribution in [1.29, 1.82) is 0 Å². The average Bonchev–Trinajstić information content (AvgIpc) is 2.60. The fourth-order valence-corrected chi connectivity index (χ4v) is 1.87. The molecule has 0 saturated heterocycles. The highest BCUT2D eigenvalue weighted by molar-refractivity contribution is 7.87. The van der Waals surface area contributed by atoms with E-state index in [-0.39, 0.29) is 5.92 Å². The van der Waals surface area contributed by atoms with E-state index < -0.39 is 21.5 Å². The largest absolute Gasteiger partial charge is 0.303 e. The summed E-state index contributed by atoms with van der Waals surface area (Å²) < 4.78 is 25.7. The van der Waals surface area contributed by atoms with Gasteiger partial charge in [-0.15, -0.1) is 0 Å². The lowest BCUT2D eigenvalue weighted by atomic mass is 10.1. The lowest BCUT2D eigenvalue weighted by Crippen LogP contribution is -2.42. The van der Waals surface area contributed by atoms with Gasteiger partial charge in [-0.2, -0.15) is 12.7 Å². The maximum atomic E-state index is 11.5. The second-order valence-electron chi connectivity index (χ2n) is 4.24. The maximum absolute atomic E-state index is 11.5. The molecule has 14 heavy (non-hydrogen) atoms. The van der Waals surface area contributed by atoms with Crippen LogP contribution in [0.15, 0.2) is 0 Å². The number of carbonyl (C=O) groups is 1. The lowest BCUT2D eigenvalue weighted by molar-refractivity contribution is -0.124. The molecule has 0 aromatic carbocycles. The Kier molecular flexibility index (Phi) is 2.62. The lowest BCUT2D eigenvalue weighted by Gasteiger charge is -2.15. The van der Waals surface area contributed by atoms with Gasteiger partial charge >= 0.3 is 10.2 Å². The number of nitrogens with zero attached hydrogens (tertiary/aromatic N) is 1. The summed E-state index contributed by atoms with van der Waals surface area (Å²) in [6.45, 7) is 3.71. The van der Waals surface area contributed by atoms with E-state index in [9.17, 15) is 13.2 Å². The van der Waals surface area contributed by atoms with Crippen LogP contribution < -0.4 is 4.72 Å². The Balaban J connectivity index is 2.68. The molecule has 0 aliphatic heterocycles. The summed E-state index contributed by atoms with van der Waals surface area (Å²) in [6.07, 6.45) is 0.752. The highest BCUT2D eigenvalue weighted by atomic mass is 32.2. The molecule has 0 aromatic heterocycles. The minimum absolute atomic E-state index is 0.264. The first-order valence-electron chi connectivity index (χ1n) is 4.45. The number of carbonyl (C=O) groups excluding carboxylic acids is 1. The summed E-state index contributed by atoms with van der Waals surface area (Å²) in [7, 11) is -0.864. The first-order chi connectivity index (χ1) is 6.20. The Hall–Kier alpha value is -0.620. The van der Waals surface area contributed by atoms with Crippen molar-refractivity contribution in [3.63, 3.8) is 0 Å². The zero-order chi connectivity index (χ0) is 11.1. The number of rotatable bonds is 3. The first kappa shape index (κ1) is 11.5. The number of hydrogen-bond acceptors (Lipinski definition) is 3. The highest BCUT2D eigenvalue weighted by Gasteiger charge is 2.53. The van der Waals surface area contributed by atoms with E-state index in [0.717, 1.165) is 10.7 Å². The molecular formula is C8H16N2O3S. The zero-order valence-electron chi connectivity index (χ0n) is 8.86. The Bertz CT molecular complexity index is 350. The van der Waals surface area contributed by atoms with Crippen LogP contribution in [-0.2, 0) is 15.0 Å². The predicted molar refractivity (Wildman–Crippen MR) is 52.6 cm³/mol. The van der Waals surface area contributed by atoms with Crippen LogP contribution in [0.4, 0.5) is 0 Å². The van der Waals surface area contributed by atoms with Gasteiger partial charge in [0.1, 0.15) is 0 Å². The third-order valence-corrected chi connectivity index (χ3v) is 4.28. The van der Waals surface area contributed by atoms with Crippen molar-refractivity contribution < 1.29 is 13.2 Å². The summed E-state index contributed by atoms with van der Waals surface area (Å²) >= 11 is 0. The minimum atomic E-state index is -3.63. The van der Waals surface area contributed by atoms with Gasteiger partial charge in [0, 0.05) is 14.1 Å². The van der Waals surface area contributed by atoms with Gasteiger partial charge in [-0.3, -0.25) is 4.79 Å². The van der Waals surface area contributed by atoms with E-state index in [1.54, 1.807) is 6.92 Å². The van der Waals surface area contributed by atoms with Crippen molar-refractivity contribution in [2.75, 3.05) is 14.1 Å². The fraction of sp³-hybridized carbons (Fsp3) is 0.875. The van der Waals surface area contributed by atoms with Crippen molar-refractivity contribution in [2.45, 2.75) is 20.3 Å². The van der Waals surface area contributed by atoms with Crippen LogP contribution in [0.1, 0.15) is 20.3 Å². The standard InChI is InChI=1S/C8H16N2O3S/c1-6-5-8(6,2)7(11)9-14(12,13)10(3)4/h6H,5H2,1-4H3,(H,9,11). The van der Waals surface area contributed by atoms with Gasteiger partial charge in [-0.25, -0.2) is 4.72 Å². The van der Waals surface area contributed by atoms with Crippen molar-refractivity contribution in [2.24, 2.45) is 11.3 Å². The Morgan fingerprint density at radius 2 is 1.93 bits per heavy atom. The molecular weight excluding hydrogens is 204 g/mol. The Morgan fingerprint density at radius 1 is 1.50 bits per heavy atom. The van der Waals surface area contributed by atoms with Crippen molar-refractivity contribution in [3.8, 4) is 0 Å². The fourth-order valence-electron chi connectivity index (χ4n) is 1.22. The van der Waals surface area contributed by atoms with Gasteiger partial charge in [-0.1, -0.05) is 13.8 Å². The van der Waals surface area contributed by atoms with Gasteiger partial charge < -0.3 is 0 Å². The smallest absolute Gasteiger partial charge is 0.273 e. The third-order valence-electron chi connectivity index (χ3n) is 2.88. The Morgan fingerprint density at radius 3 is 2.21 bits per heavy atom. The summed E-state index contributed by atoms with van der Waals surface area (Å²) in [5.41, 5.74) is -0.497. The molecule has 0 spiro atoms. The molecule has 0 aromatic rings. The van der Waals surface area contributed by atoms with E-state index in [2.05, 4.69) is 0 Å². The van der Waals surface area contributed by atoms with Crippen LogP contribution in [0, 0.1) is 11.3 Å². The van der Waals surface area contributed by atoms with Crippen LogP contribution in [0.5, 0.6) is 0 Å². The van der Waals surface area contributed by atoms with Crippen molar-refractivity contribution >= 4 is 16.1 Å². The molecule has 1 N–H and O–H groups in total. The van der Waals surface area contributed by atoms with Crippen LogP contribution in [0.2, 0.25) is 0 Å². The third kappa shape index (κ3) is 1.90. The van der Waals surface area contributed by atoms with Gasteiger partial charge in [0.05, 0.1) is 5.41 Å². The molecule has 2 atom stereocenters. The number of hydrogen-bond donors (Lipinski definition) is 1. The molecule has 1 amide bonds. The van der Waals surface area contributed by atoms with Crippen LogP contribution in [0.3, 0.4) is 0 Å². The first-order valence-corrected chi connectivity index (χ1v) is 5.89. The molecule has 1 saturated carbocycles. The molecule has 1 aliphatic carbocycles. The molecule has 2 unspecified atom stereocenters. The highest BCUT2D eigenvalue weighted by Crippen LogP contribution is 2.51. The van der Waals surface area contributed by atoms with Gasteiger partial charge in [0.15, 0.2) is 0 Å². The predicted octanol–water partition coefficient (Wildman–Crippen LogP) is -0.0449. The topological polar surface area (TPSA) is 66.5 Å². The SMILES string of the molecule is CC1CC1(C)C(=O)NS(=O)(=O)N(C)C. The molecule has 82 valence electrons. The van der Waals surface area contributed by atoms with E-state index in [1.165, 1.54) is 14.1 Å². The molecule has 5 nitrogen and oxygen atoms in total. The molecule has 1 aliphatic rings. The minimum Gasteiger partial charge on any atom is -0.273 e. The van der Waals surface area contributed by atoms with Gasteiger partial charge in [0.25, 0.3) is 0 Å². The Labute approximate surface area is 84.7 Å². The quantitative estimate of drug-likeness (QED) is 0.725. The summed E-state index contributed by atoms with van der Waals surface area (Å²) in [4.78, 5) is 11.5. The maximum Gasteiger partial charge on any atom is 0.303 e. The normalized spacial score (nSPS) is 31.6. The number of nitrogens with one attached hydrogen (secondary N) is 1. The molecule has 1 rings (SSSR count). The summed E-state index contributed by atoms with van der Waals surface area (Å²) in [6, 6.07) is 0. The molecule has 1 fully saturated rings. The van der Waals surface area contributed by atoms with E-state index >= 15 is 0 Å². The van der Waals surface area contributed by atoms with Crippen LogP contribution in [-0.4, -0.2) is 32.7 Å². The van der Waals surface area contributed by atoms with Crippen LogP contribution in [0.25, 0.3) is 0 Å². The second-order valence-corrected chi connectivity index (χ2v) is 6.13. The molecule has 0 radical (unpaired) electrons. The van der Waals surface area contributed by atoms with Gasteiger partial charge in [-0.05, 0) is 12.3 Å². The molecule has 6 heteroatoms. The average molecular weight is 220 g/mol. The van der Waals surface area contributed by atoms with E-state index in [1.807, 2.05) is 11.6 Å². The molecule has 0 bridgehead atoms. The molecule has 0 heterocycles. The van der Waals surface area contributed by atoms with Crippen molar-refractivity contribution in [3.05, 3.63) is 0 Å². The zero-order valence-corrected chi connectivity index (χ0v) is 9.68. The van der Waals surface area contributed by atoms with E-state index in [4.69, 9.17) is 0 Å². The van der Waals surface area contributed by atoms with Crippen molar-refractivity contribution in [1.82, 2.24) is 9.03 Å². The van der Waals surface area contributed by atoms with E-state index in [0.29, 0.717) is 0 Å². The summed E-state index contributed by atoms with van der Waals surface area (Å²) in [5.74, 6) is -0.140. The van der Waals surface area contributed by atoms with Crippen LogP contribution >= 0.6 is 0 Å². The van der Waals surface area contributed by atoms with Gasteiger partial charge in [0.2, 0.25) is 5.91 Å². The number of amides is 1. The summed E-state index contributed by atoms with van der Waals surface area (Å²) in [5, 5.41) is 0.